The fourth-order valence-electron chi connectivity index (χ4n) is 3.69. The molecule has 172 valence electrons. The Hall–Kier alpha value is -1.87. The molecule has 1 aromatic carbocycles. The van der Waals surface area contributed by atoms with Crippen molar-refractivity contribution in [1.82, 2.24) is 0 Å². The molecule has 12 nitrogen and oxygen atoms in total. The van der Waals surface area contributed by atoms with Crippen LogP contribution in [0, 0.1) is 10.1 Å². The zero-order valence-corrected chi connectivity index (χ0v) is 18.1. The van der Waals surface area contributed by atoms with Gasteiger partial charge in [0.15, 0.2) is 17.9 Å². The van der Waals surface area contributed by atoms with E-state index >= 15 is 0 Å². The summed E-state index contributed by atoms with van der Waals surface area (Å²) in [5.74, 6) is -2.02. The lowest BCUT2D eigenvalue weighted by Crippen LogP contribution is -2.45. The van der Waals surface area contributed by atoms with Crippen LogP contribution in [0.3, 0.4) is 0 Å². The van der Waals surface area contributed by atoms with Crippen molar-refractivity contribution in [1.29, 1.82) is 0 Å². The minimum Gasteiger partial charge on any atom is -0.362 e. The van der Waals surface area contributed by atoms with Crippen LogP contribution in [0.4, 0.5) is 5.69 Å². The van der Waals surface area contributed by atoms with E-state index in [2.05, 4.69) is 0 Å². The maximum absolute atomic E-state index is 12.6. The van der Waals surface area contributed by atoms with E-state index in [0.717, 1.165) is 24.3 Å². The van der Waals surface area contributed by atoms with Gasteiger partial charge in [0.25, 0.3) is 5.69 Å². The molecule has 0 amide bonds. The molecular weight excluding hydrogens is 438 g/mol. The van der Waals surface area contributed by atoms with Gasteiger partial charge in [-0.2, -0.15) is 8.42 Å². The first-order valence-electron chi connectivity index (χ1n) is 9.54. The van der Waals surface area contributed by atoms with Crippen molar-refractivity contribution in [2.45, 2.75) is 70.0 Å². The molecule has 1 aromatic rings. The van der Waals surface area contributed by atoms with Gasteiger partial charge in [0.05, 0.1) is 11.5 Å². The molecule has 31 heavy (non-hydrogen) atoms. The summed E-state index contributed by atoms with van der Waals surface area (Å²) < 4.78 is 64.2. The van der Waals surface area contributed by atoms with Crippen molar-refractivity contribution in [3.63, 3.8) is 0 Å². The van der Waals surface area contributed by atoms with E-state index in [-0.39, 0.29) is 18.0 Å². The number of nitro benzene ring substituents is 1. The minimum atomic E-state index is -4.60. The maximum Gasteiger partial charge on any atom is 0.449 e. The monoisotopic (exact) mass is 461 g/mol. The third-order valence-corrected chi connectivity index (χ3v) is 5.75. The molecule has 3 aliphatic heterocycles. The van der Waals surface area contributed by atoms with Gasteiger partial charge in [-0.15, -0.1) is 0 Å². The zero-order valence-electron chi connectivity index (χ0n) is 17.2. The fourth-order valence-corrected chi connectivity index (χ4v) is 4.56. The average Bonchev–Trinajstić information content (AvgIpc) is 3.25. The van der Waals surface area contributed by atoms with Gasteiger partial charge in [-0.1, -0.05) is 0 Å². The molecule has 13 heteroatoms. The van der Waals surface area contributed by atoms with Crippen LogP contribution in [0.1, 0.15) is 27.7 Å². The Kier molecular flexibility index (Phi) is 5.49. The fraction of sp³-hybridized carbons (Fsp3) is 0.667. The van der Waals surface area contributed by atoms with Crippen LogP contribution in [0.2, 0.25) is 0 Å². The molecule has 0 aromatic heterocycles. The van der Waals surface area contributed by atoms with Gasteiger partial charge in [0.1, 0.15) is 30.2 Å². The van der Waals surface area contributed by atoms with E-state index in [9.17, 15) is 18.5 Å². The number of rotatable bonds is 6. The van der Waals surface area contributed by atoms with Crippen LogP contribution in [-0.4, -0.2) is 62.2 Å². The molecule has 3 aliphatic rings. The molecule has 1 unspecified atom stereocenters. The number of benzene rings is 1. The van der Waals surface area contributed by atoms with Gasteiger partial charge in [-0.3, -0.25) is 10.1 Å². The van der Waals surface area contributed by atoms with Crippen molar-refractivity contribution in [3.8, 4) is 5.75 Å². The number of fused-ring (bicyclic) bond motifs is 1. The number of nitro groups is 1. The highest BCUT2D eigenvalue weighted by atomic mass is 32.3. The topological polar surface area (TPSA) is 142 Å². The standard InChI is InChI=1S/C18H23NO11S/c1-17(2)24-9-12(26-17)13-14(15-16(25-13)28-18(3,4)27-15)30-31(22,23)29-11-7-5-10(6-8-11)19(20)21/h5-8,12-16H,9H2,1-4H3/t12-,13-,14-,15?,16-/m1/s1. The Labute approximate surface area is 178 Å². The average molecular weight is 461 g/mol. The quantitative estimate of drug-likeness (QED) is 0.450. The maximum atomic E-state index is 12.6. The Bertz CT molecular complexity index is 946. The van der Waals surface area contributed by atoms with Crippen LogP contribution in [-0.2, 0) is 38.3 Å². The Morgan fingerprint density at radius 2 is 1.71 bits per heavy atom. The number of nitrogens with zero attached hydrogens (tertiary/aromatic N) is 1. The summed E-state index contributed by atoms with van der Waals surface area (Å²) in [5, 5.41) is 10.8. The van der Waals surface area contributed by atoms with E-state index < -0.39 is 57.6 Å². The highest BCUT2D eigenvalue weighted by Crippen LogP contribution is 2.42. The predicted molar refractivity (Wildman–Crippen MR) is 101 cm³/mol. The van der Waals surface area contributed by atoms with Crippen molar-refractivity contribution >= 4 is 16.1 Å². The lowest BCUT2D eigenvalue weighted by Gasteiger charge is -2.28. The molecule has 4 rings (SSSR count). The lowest BCUT2D eigenvalue weighted by atomic mass is 10.1. The third kappa shape index (κ3) is 4.82. The Morgan fingerprint density at radius 3 is 2.29 bits per heavy atom. The van der Waals surface area contributed by atoms with Crippen molar-refractivity contribution in [3.05, 3.63) is 34.4 Å². The van der Waals surface area contributed by atoms with E-state index in [0.29, 0.717) is 0 Å². The van der Waals surface area contributed by atoms with Crippen molar-refractivity contribution < 1.29 is 45.4 Å². The van der Waals surface area contributed by atoms with Gasteiger partial charge in [-0.25, -0.2) is 4.18 Å². The normalized spacial score (nSPS) is 33.9. The molecule has 0 N–H and O–H groups in total. The summed E-state index contributed by atoms with van der Waals surface area (Å²) in [6, 6.07) is 4.54. The van der Waals surface area contributed by atoms with Crippen molar-refractivity contribution in [2.24, 2.45) is 0 Å². The van der Waals surface area contributed by atoms with Gasteiger partial charge >= 0.3 is 10.4 Å². The summed E-state index contributed by atoms with van der Waals surface area (Å²) in [5.41, 5.74) is -0.211. The van der Waals surface area contributed by atoms with Gasteiger partial charge in [0.2, 0.25) is 0 Å². The van der Waals surface area contributed by atoms with Gasteiger partial charge < -0.3 is 27.9 Å². The molecule has 3 saturated heterocycles. The Morgan fingerprint density at radius 1 is 1.03 bits per heavy atom. The first kappa shape index (κ1) is 22.3. The Balaban J connectivity index is 1.52. The number of non-ortho nitro benzene ring substituents is 1. The van der Waals surface area contributed by atoms with Crippen LogP contribution in [0.25, 0.3) is 0 Å². The molecule has 3 fully saturated rings. The highest BCUT2D eigenvalue weighted by molar-refractivity contribution is 7.82. The zero-order chi connectivity index (χ0) is 22.6. The second kappa shape index (κ2) is 7.62. The number of ether oxygens (including phenoxy) is 5. The highest BCUT2D eigenvalue weighted by Gasteiger charge is 2.60. The van der Waals surface area contributed by atoms with E-state index in [1.54, 1.807) is 27.7 Å². The first-order valence-corrected chi connectivity index (χ1v) is 10.9. The SMILES string of the molecule is CC1(C)OC2[C@H](O[C@H]([C@H]3COC(C)(C)O3)[C@H]2OS(=O)(=O)Oc2ccc([N+](=O)[O-])cc2)O1. The second-order valence-corrected chi connectivity index (χ2v) is 9.42. The van der Waals surface area contributed by atoms with Crippen LogP contribution < -0.4 is 4.18 Å². The molecule has 0 aliphatic carbocycles. The minimum absolute atomic E-state index is 0.150. The molecule has 3 heterocycles. The van der Waals surface area contributed by atoms with Crippen LogP contribution in [0.5, 0.6) is 5.75 Å². The van der Waals surface area contributed by atoms with Gasteiger partial charge in [0, 0.05) is 12.1 Å². The molecule has 0 saturated carbocycles. The van der Waals surface area contributed by atoms with E-state index in [1.807, 2.05) is 0 Å². The number of hydrogen-bond donors (Lipinski definition) is 0. The second-order valence-electron chi connectivity index (χ2n) is 8.24. The molecule has 0 radical (unpaired) electrons. The van der Waals surface area contributed by atoms with E-state index in [4.69, 9.17) is 32.1 Å². The lowest BCUT2D eigenvalue weighted by molar-refractivity contribution is -0.384. The van der Waals surface area contributed by atoms with Crippen LogP contribution >= 0.6 is 0 Å². The molecular formula is C18H23NO11S. The summed E-state index contributed by atoms with van der Waals surface area (Å²) in [7, 11) is -4.60. The summed E-state index contributed by atoms with van der Waals surface area (Å²) in [4.78, 5) is 10.1. The largest absolute Gasteiger partial charge is 0.449 e. The predicted octanol–water partition coefficient (Wildman–Crippen LogP) is 1.63. The van der Waals surface area contributed by atoms with Gasteiger partial charge in [-0.05, 0) is 39.8 Å². The summed E-state index contributed by atoms with van der Waals surface area (Å²) >= 11 is 0. The smallest absolute Gasteiger partial charge is 0.362 e. The first-order chi connectivity index (χ1) is 14.3. The third-order valence-electron chi connectivity index (χ3n) is 4.90. The summed E-state index contributed by atoms with van der Waals surface area (Å²) in [6.07, 6.45) is -4.37. The number of hydrogen-bond acceptors (Lipinski definition) is 11. The molecule has 0 bridgehead atoms. The van der Waals surface area contributed by atoms with E-state index in [1.165, 1.54) is 0 Å². The van der Waals surface area contributed by atoms with Crippen LogP contribution in [0.15, 0.2) is 24.3 Å². The molecule has 5 atom stereocenters. The van der Waals surface area contributed by atoms with Crippen molar-refractivity contribution in [2.75, 3.05) is 6.61 Å². The molecule has 0 spiro atoms. The summed E-state index contributed by atoms with van der Waals surface area (Å²) in [6.45, 7) is 6.94.